The van der Waals surface area contributed by atoms with Crippen LogP contribution in [-0.2, 0) is 13.6 Å². The summed E-state index contributed by atoms with van der Waals surface area (Å²) in [5.41, 5.74) is 3.33. The van der Waals surface area contributed by atoms with E-state index in [1.807, 2.05) is 42.1 Å². The number of rotatable bonds is 4. The van der Waals surface area contributed by atoms with Crippen molar-refractivity contribution >= 4 is 22.5 Å². The van der Waals surface area contributed by atoms with Gasteiger partial charge in [0, 0.05) is 30.0 Å². The summed E-state index contributed by atoms with van der Waals surface area (Å²) in [6, 6.07) is 16.4. The van der Waals surface area contributed by atoms with Crippen LogP contribution < -0.4 is 5.32 Å². The first-order chi connectivity index (χ1) is 10.2. The van der Waals surface area contributed by atoms with E-state index in [9.17, 15) is 0 Å². The normalized spacial score (nSPS) is 12.7. The molecule has 1 heterocycles. The highest BCUT2D eigenvalue weighted by Crippen LogP contribution is 2.23. The van der Waals surface area contributed by atoms with Gasteiger partial charge in [-0.15, -0.1) is 0 Å². The Bertz CT molecular complexity index is 764. The second-order valence-electron chi connectivity index (χ2n) is 5.21. The Kier molecular flexibility index (Phi) is 3.95. The average molecular weight is 300 g/mol. The Labute approximate surface area is 129 Å². The molecule has 0 radical (unpaired) electrons. The van der Waals surface area contributed by atoms with Crippen LogP contribution in [0, 0.1) is 0 Å². The highest BCUT2D eigenvalue weighted by molar-refractivity contribution is 6.31. The number of aromatic nitrogens is 2. The summed E-state index contributed by atoms with van der Waals surface area (Å²) in [4.78, 5) is 0. The first-order valence-electron chi connectivity index (χ1n) is 7.05. The molecule has 3 aromatic rings. The van der Waals surface area contributed by atoms with Gasteiger partial charge in [0.25, 0.3) is 0 Å². The maximum atomic E-state index is 6.24. The van der Waals surface area contributed by atoms with Crippen molar-refractivity contribution in [2.24, 2.45) is 7.05 Å². The van der Waals surface area contributed by atoms with Crippen LogP contribution in [0.3, 0.4) is 0 Å². The van der Waals surface area contributed by atoms with Crippen LogP contribution in [0.15, 0.2) is 48.5 Å². The number of fused-ring (bicyclic) bond motifs is 1. The SMILES string of the molecule is C[C@H](NCc1nn(C)c2ccccc12)c1ccccc1Cl. The zero-order chi connectivity index (χ0) is 14.8. The highest BCUT2D eigenvalue weighted by atomic mass is 35.5. The van der Waals surface area contributed by atoms with Gasteiger partial charge >= 0.3 is 0 Å². The van der Waals surface area contributed by atoms with E-state index in [0.29, 0.717) is 6.54 Å². The van der Waals surface area contributed by atoms with E-state index in [1.54, 1.807) is 0 Å². The Morgan fingerprint density at radius 3 is 2.67 bits per heavy atom. The van der Waals surface area contributed by atoms with Crippen molar-refractivity contribution in [1.29, 1.82) is 0 Å². The second-order valence-corrected chi connectivity index (χ2v) is 5.62. The molecule has 1 atom stereocenters. The lowest BCUT2D eigenvalue weighted by Crippen LogP contribution is -2.19. The first-order valence-corrected chi connectivity index (χ1v) is 7.43. The molecular weight excluding hydrogens is 282 g/mol. The topological polar surface area (TPSA) is 29.9 Å². The van der Waals surface area contributed by atoms with Crippen molar-refractivity contribution in [2.45, 2.75) is 19.5 Å². The molecule has 1 N–H and O–H groups in total. The molecule has 0 fully saturated rings. The van der Waals surface area contributed by atoms with E-state index in [4.69, 9.17) is 11.6 Å². The minimum atomic E-state index is 0.180. The van der Waals surface area contributed by atoms with Gasteiger partial charge < -0.3 is 5.32 Å². The predicted octanol–water partition coefficient (Wildman–Crippen LogP) is 4.08. The third kappa shape index (κ3) is 2.80. The lowest BCUT2D eigenvalue weighted by atomic mass is 10.1. The maximum Gasteiger partial charge on any atom is 0.0841 e. The third-order valence-electron chi connectivity index (χ3n) is 3.78. The molecule has 0 saturated carbocycles. The summed E-state index contributed by atoms with van der Waals surface area (Å²) < 4.78 is 1.92. The number of para-hydroxylation sites is 1. The van der Waals surface area contributed by atoms with Gasteiger partial charge in [0.05, 0.1) is 11.2 Å². The average Bonchev–Trinajstić information content (AvgIpc) is 2.82. The number of halogens is 1. The maximum absolute atomic E-state index is 6.24. The molecule has 21 heavy (non-hydrogen) atoms. The summed E-state index contributed by atoms with van der Waals surface area (Å²) >= 11 is 6.24. The van der Waals surface area contributed by atoms with Gasteiger partial charge in [0.2, 0.25) is 0 Å². The van der Waals surface area contributed by atoms with Crippen LogP contribution in [-0.4, -0.2) is 9.78 Å². The lowest BCUT2D eigenvalue weighted by molar-refractivity contribution is 0.564. The molecule has 0 saturated heterocycles. The monoisotopic (exact) mass is 299 g/mol. The van der Waals surface area contributed by atoms with Crippen molar-refractivity contribution in [3.63, 3.8) is 0 Å². The number of aryl methyl sites for hydroxylation is 1. The predicted molar refractivity (Wildman–Crippen MR) is 87.4 cm³/mol. The third-order valence-corrected chi connectivity index (χ3v) is 4.13. The van der Waals surface area contributed by atoms with Gasteiger partial charge in [-0.25, -0.2) is 0 Å². The lowest BCUT2D eigenvalue weighted by Gasteiger charge is -2.14. The van der Waals surface area contributed by atoms with Crippen LogP contribution in [0.5, 0.6) is 0 Å². The summed E-state index contributed by atoms with van der Waals surface area (Å²) in [6.07, 6.45) is 0. The number of hydrogen-bond acceptors (Lipinski definition) is 2. The quantitative estimate of drug-likeness (QED) is 0.787. The zero-order valence-electron chi connectivity index (χ0n) is 12.2. The molecule has 0 bridgehead atoms. The molecule has 0 spiro atoms. The summed E-state index contributed by atoms with van der Waals surface area (Å²) in [5, 5.41) is 10.1. The fourth-order valence-electron chi connectivity index (χ4n) is 2.61. The molecule has 1 aromatic heterocycles. The van der Waals surface area contributed by atoms with Crippen LogP contribution in [0.1, 0.15) is 24.2 Å². The molecule has 0 aliphatic heterocycles. The second kappa shape index (κ2) is 5.88. The number of hydrogen-bond donors (Lipinski definition) is 1. The van der Waals surface area contributed by atoms with Gasteiger partial charge in [-0.1, -0.05) is 48.0 Å². The van der Waals surface area contributed by atoms with Crippen molar-refractivity contribution < 1.29 is 0 Å². The molecular formula is C17H18ClN3. The van der Waals surface area contributed by atoms with E-state index in [2.05, 4.69) is 35.5 Å². The Morgan fingerprint density at radius 1 is 1.14 bits per heavy atom. The number of nitrogens with one attached hydrogen (secondary N) is 1. The van der Waals surface area contributed by atoms with E-state index in [1.165, 1.54) is 5.39 Å². The minimum Gasteiger partial charge on any atom is -0.304 e. The summed E-state index contributed by atoms with van der Waals surface area (Å²) in [6.45, 7) is 2.83. The fraction of sp³-hybridized carbons (Fsp3) is 0.235. The van der Waals surface area contributed by atoms with Crippen molar-refractivity contribution in [3.05, 3.63) is 64.8 Å². The molecule has 108 valence electrons. The highest BCUT2D eigenvalue weighted by Gasteiger charge is 2.11. The van der Waals surface area contributed by atoms with Crippen LogP contribution in [0.2, 0.25) is 5.02 Å². The largest absolute Gasteiger partial charge is 0.304 e. The fourth-order valence-corrected chi connectivity index (χ4v) is 2.90. The van der Waals surface area contributed by atoms with E-state index in [0.717, 1.165) is 21.8 Å². The van der Waals surface area contributed by atoms with Gasteiger partial charge in [-0.2, -0.15) is 5.10 Å². The number of nitrogens with zero attached hydrogens (tertiary/aromatic N) is 2. The smallest absolute Gasteiger partial charge is 0.0841 e. The molecule has 0 unspecified atom stereocenters. The van der Waals surface area contributed by atoms with Crippen LogP contribution in [0.25, 0.3) is 10.9 Å². The van der Waals surface area contributed by atoms with Crippen molar-refractivity contribution in [1.82, 2.24) is 15.1 Å². The molecule has 0 aliphatic carbocycles. The Hall–Kier alpha value is -1.84. The van der Waals surface area contributed by atoms with Crippen molar-refractivity contribution in [3.8, 4) is 0 Å². The molecule has 3 rings (SSSR count). The molecule has 4 heteroatoms. The van der Waals surface area contributed by atoms with E-state index >= 15 is 0 Å². The van der Waals surface area contributed by atoms with Crippen LogP contribution >= 0.6 is 11.6 Å². The standard InChI is InChI=1S/C17H18ClN3/c1-12(13-7-3-5-9-15(13)18)19-11-16-14-8-4-6-10-17(14)21(2)20-16/h3-10,12,19H,11H2,1-2H3/t12-/m0/s1. The molecule has 0 amide bonds. The summed E-state index contributed by atoms with van der Waals surface area (Å²) in [5.74, 6) is 0. The van der Waals surface area contributed by atoms with Gasteiger partial charge in [-0.05, 0) is 24.6 Å². The van der Waals surface area contributed by atoms with Gasteiger partial charge in [0.1, 0.15) is 0 Å². The zero-order valence-corrected chi connectivity index (χ0v) is 12.9. The molecule has 2 aromatic carbocycles. The Morgan fingerprint density at radius 2 is 1.86 bits per heavy atom. The number of benzene rings is 2. The van der Waals surface area contributed by atoms with Crippen LogP contribution in [0.4, 0.5) is 0 Å². The minimum absolute atomic E-state index is 0.180. The Balaban J connectivity index is 1.79. The van der Waals surface area contributed by atoms with Crippen molar-refractivity contribution in [2.75, 3.05) is 0 Å². The molecule has 0 aliphatic rings. The van der Waals surface area contributed by atoms with Gasteiger partial charge in [0.15, 0.2) is 0 Å². The van der Waals surface area contributed by atoms with E-state index < -0.39 is 0 Å². The van der Waals surface area contributed by atoms with E-state index in [-0.39, 0.29) is 6.04 Å². The van der Waals surface area contributed by atoms with Gasteiger partial charge in [-0.3, -0.25) is 4.68 Å². The summed E-state index contributed by atoms with van der Waals surface area (Å²) in [7, 11) is 1.98. The first kappa shape index (κ1) is 14.1. The molecule has 3 nitrogen and oxygen atoms in total.